The molecular weight excluding hydrogens is 278 g/mol. The first kappa shape index (κ1) is 12.4. The van der Waals surface area contributed by atoms with Gasteiger partial charge in [-0.3, -0.25) is 14.9 Å². The predicted octanol–water partition coefficient (Wildman–Crippen LogP) is 0.494. The summed E-state index contributed by atoms with van der Waals surface area (Å²) in [7, 11) is 0. The molecule has 0 saturated heterocycles. The number of aromatic amines is 1. The maximum absolute atomic E-state index is 12.0. The largest absolute Gasteiger partial charge is 0.321 e. The van der Waals surface area contributed by atoms with Crippen LogP contribution in [0.5, 0.6) is 0 Å². The molecule has 21 heavy (non-hydrogen) atoms. The third-order valence-electron chi connectivity index (χ3n) is 2.89. The van der Waals surface area contributed by atoms with Gasteiger partial charge in [0.15, 0.2) is 0 Å². The highest BCUT2D eigenvalue weighted by Crippen LogP contribution is 2.37. The summed E-state index contributed by atoms with van der Waals surface area (Å²) in [5.41, 5.74) is 0.332. The van der Waals surface area contributed by atoms with Gasteiger partial charge in [0.1, 0.15) is 11.6 Å². The van der Waals surface area contributed by atoms with Crippen molar-refractivity contribution in [3.05, 3.63) is 39.7 Å². The van der Waals surface area contributed by atoms with Crippen LogP contribution in [-0.2, 0) is 4.79 Å². The highest BCUT2D eigenvalue weighted by atomic mass is 16.6. The molecule has 10 heteroatoms. The molecule has 0 spiro atoms. The number of rotatable bonds is 2. The van der Waals surface area contributed by atoms with Gasteiger partial charge in [-0.05, 0) is 11.3 Å². The zero-order valence-corrected chi connectivity index (χ0v) is 10.2. The first-order valence-electron chi connectivity index (χ1n) is 5.60. The van der Waals surface area contributed by atoms with Crippen LogP contribution in [-0.4, -0.2) is 31.5 Å². The molecule has 0 radical (unpaired) electrons. The lowest BCUT2D eigenvalue weighted by Crippen LogP contribution is -2.06. The molecule has 1 aliphatic heterocycles. The zero-order valence-electron chi connectivity index (χ0n) is 10.2. The number of hydrogen-bond donors (Lipinski definition) is 2. The van der Waals surface area contributed by atoms with Crippen molar-refractivity contribution in [2.24, 2.45) is 0 Å². The van der Waals surface area contributed by atoms with Crippen LogP contribution in [0.3, 0.4) is 0 Å². The van der Waals surface area contributed by atoms with E-state index in [-0.39, 0.29) is 28.2 Å². The maximum atomic E-state index is 12.0. The number of nitrogens with one attached hydrogen (secondary N) is 2. The fourth-order valence-corrected chi connectivity index (χ4v) is 2.00. The normalized spacial score (nSPS) is 15.1. The summed E-state index contributed by atoms with van der Waals surface area (Å²) in [5.74, 6) is -0.603. The Morgan fingerprint density at radius 1 is 1.43 bits per heavy atom. The summed E-state index contributed by atoms with van der Waals surface area (Å²) >= 11 is 0. The van der Waals surface area contributed by atoms with E-state index in [2.05, 4.69) is 25.9 Å². The number of benzene rings is 1. The van der Waals surface area contributed by atoms with Gasteiger partial charge in [0.05, 0.1) is 10.5 Å². The van der Waals surface area contributed by atoms with Crippen LogP contribution in [0.15, 0.2) is 18.2 Å². The Morgan fingerprint density at radius 3 is 2.86 bits per heavy atom. The van der Waals surface area contributed by atoms with Crippen LogP contribution < -0.4 is 5.32 Å². The van der Waals surface area contributed by atoms with Gasteiger partial charge in [-0.25, -0.2) is 0 Å². The van der Waals surface area contributed by atoms with Crippen LogP contribution >= 0.6 is 0 Å². The predicted molar refractivity (Wildman–Crippen MR) is 68.3 cm³/mol. The number of fused-ring (bicyclic) bond motifs is 1. The molecule has 1 aliphatic rings. The van der Waals surface area contributed by atoms with Crippen molar-refractivity contribution in [2.45, 2.75) is 0 Å². The van der Waals surface area contributed by atoms with Gasteiger partial charge in [-0.1, -0.05) is 0 Å². The Morgan fingerprint density at radius 2 is 2.24 bits per heavy atom. The smallest absolute Gasteiger partial charge is 0.270 e. The van der Waals surface area contributed by atoms with Crippen molar-refractivity contribution >= 4 is 28.4 Å². The molecular formula is C11H5N7O3. The minimum Gasteiger partial charge on any atom is -0.321 e. The molecule has 2 heterocycles. The fraction of sp³-hybridized carbons (Fsp3) is 0. The third-order valence-corrected chi connectivity index (χ3v) is 2.89. The maximum Gasteiger partial charge on any atom is 0.270 e. The molecule has 0 saturated carbocycles. The van der Waals surface area contributed by atoms with Crippen molar-refractivity contribution in [3.8, 4) is 6.07 Å². The summed E-state index contributed by atoms with van der Waals surface area (Å²) in [6.07, 6.45) is 0. The number of nitro groups is 1. The Balaban J connectivity index is 2.27. The summed E-state index contributed by atoms with van der Waals surface area (Å²) < 4.78 is 0. The molecule has 1 aromatic carbocycles. The highest BCUT2D eigenvalue weighted by molar-refractivity contribution is 6.37. The van der Waals surface area contributed by atoms with Crippen molar-refractivity contribution in [2.75, 3.05) is 5.32 Å². The molecule has 3 rings (SSSR count). The Labute approximate surface area is 116 Å². The first-order valence-corrected chi connectivity index (χ1v) is 5.60. The van der Waals surface area contributed by atoms with Gasteiger partial charge in [0.2, 0.25) is 5.82 Å². The molecule has 0 unspecified atom stereocenters. The van der Waals surface area contributed by atoms with E-state index in [1.165, 1.54) is 18.2 Å². The van der Waals surface area contributed by atoms with Gasteiger partial charge in [-0.2, -0.15) is 10.5 Å². The van der Waals surface area contributed by atoms with Crippen molar-refractivity contribution < 1.29 is 9.72 Å². The van der Waals surface area contributed by atoms with Crippen LogP contribution in [0.1, 0.15) is 11.4 Å². The quantitative estimate of drug-likeness (QED) is 0.352. The molecule has 10 nitrogen and oxygen atoms in total. The average Bonchev–Trinajstić information content (AvgIpc) is 3.08. The average molecular weight is 283 g/mol. The van der Waals surface area contributed by atoms with Gasteiger partial charge in [0.25, 0.3) is 11.6 Å². The Hall–Kier alpha value is -3.61. The van der Waals surface area contributed by atoms with E-state index in [0.29, 0.717) is 5.69 Å². The van der Waals surface area contributed by atoms with Crippen molar-refractivity contribution in [3.63, 3.8) is 0 Å². The van der Waals surface area contributed by atoms with E-state index in [9.17, 15) is 20.2 Å². The molecule has 2 N–H and O–H groups in total. The zero-order chi connectivity index (χ0) is 15.0. The number of anilines is 1. The first-order chi connectivity index (χ1) is 10.1. The second kappa shape index (κ2) is 4.49. The molecule has 0 aliphatic carbocycles. The molecule has 0 atom stereocenters. The van der Waals surface area contributed by atoms with Gasteiger partial charge < -0.3 is 5.32 Å². The summed E-state index contributed by atoms with van der Waals surface area (Å²) in [6.45, 7) is 0. The van der Waals surface area contributed by atoms with Crippen LogP contribution in [0.4, 0.5) is 11.4 Å². The summed E-state index contributed by atoms with van der Waals surface area (Å²) in [6, 6.07) is 5.73. The molecule has 102 valence electrons. The number of aromatic nitrogens is 4. The standard InChI is InChI=1S/C11H5N7O3/c12-4-7(10-14-16-17-15-10)9-6-3-5(18(20)21)1-2-8(6)13-11(9)19/h1-3H,(H,13,19)(H,14,15,16,17)/b9-7-. The number of carbonyl (C=O) groups is 1. The topological polar surface area (TPSA) is 150 Å². The van der Waals surface area contributed by atoms with Crippen molar-refractivity contribution in [1.82, 2.24) is 20.6 Å². The molecule has 1 amide bonds. The Kier molecular flexibility index (Phi) is 2.66. The van der Waals surface area contributed by atoms with Crippen LogP contribution in [0.2, 0.25) is 0 Å². The number of nitrogens with zero attached hydrogens (tertiary/aromatic N) is 5. The number of carbonyl (C=O) groups excluding carboxylic acids is 1. The summed E-state index contributed by atoms with van der Waals surface area (Å²) in [5, 5.41) is 35.4. The van der Waals surface area contributed by atoms with Gasteiger partial charge in [0, 0.05) is 23.4 Å². The highest BCUT2D eigenvalue weighted by Gasteiger charge is 2.31. The molecule has 0 bridgehead atoms. The third kappa shape index (κ3) is 1.89. The van der Waals surface area contributed by atoms with E-state index < -0.39 is 10.8 Å². The lowest BCUT2D eigenvalue weighted by atomic mass is 10.0. The number of hydrogen-bond acceptors (Lipinski definition) is 7. The number of H-pyrrole nitrogens is 1. The van der Waals surface area contributed by atoms with Gasteiger partial charge >= 0.3 is 0 Å². The lowest BCUT2D eigenvalue weighted by Gasteiger charge is -1.99. The van der Waals surface area contributed by atoms with E-state index in [1.807, 2.05) is 6.07 Å². The Bertz CT molecular complexity index is 832. The number of tetrazole rings is 1. The van der Waals surface area contributed by atoms with E-state index >= 15 is 0 Å². The molecule has 1 aromatic heterocycles. The SMILES string of the molecule is N#C/C(=C1/C(=O)Nc2ccc([N+](=O)[O-])cc21)c1nn[nH]n1. The minimum absolute atomic E-state index is 0.0161. The second-order valence-electron chi connectivity index (χ2n) is 4.04. The summed E-state index contributed by atoms with van der Waals surface area (Å²) in [4.78, 5) is 22.3. The number of nitro benzene ring substituents is 1. The minimum atomic E-state index is -0.582. The second-order valence-corrected chi connectivity index (χ2v) is 4.04. The number of nitriles is 1. The van der Waals surface area contributed by atoms with Crippen LogP contribution in [0.25, 0.3) is 11.1 Å². The monoisotopic (exact) mass is 283 g/mol. The molecule has 0 fully saturated rings. The lowest BCUT2D eigenvalue weighted by molar-refractivity contribution is -0.384. The van der Waals surface area contributed by atoms with E-state index in [0.717, 1.165) is 0 Å². The fourth-order valence-electron chi connectivity index (χ4n) is 2.00. The molecule has 2 aromatic rings. The van der Waals surface area contributed by atoms with E-state index in [4.69, 9.17) is 0 Å². The number of non-ortho nitro benzene ring substituents is 1. The van der Waals surface area contributed by atoms with E-state index in [1.54, 1.807) is 0 Å². The van der Waals surface area contributed by atoms with Crippen molar-refractivity contribution in [1.29, 1.82) is 5.26 Å². The van der Waals surface area contributed by atoms with Gasteiger partial charge in [-0.15, -0.1) is 10.2 Å². The number of allylic oxidation sites excluding steroid dienone is 1. The van der Waals surface area contributed by atoms with Crippen LogP contribution in [0, 0.1) is 21.4 Å². The number of amides is 1.